The van der Waals surface area contributed by atoms with Gasteiger partial charge in [-0.1, -0.05) is 19.8 Å². The van der Waals surface area contributed by atoms with E-state index in [1.54, 1.807) is 0 Å². The molecule has 2 heteroatoms. The van der Waals surface area contributed by atoms with Crippen molar-refractivity contribution in [3.63, 3.8) is 0 Å². The van der Waals surface area contributed by atoms with Crippen LogP contribution in [0.5, 0.6) is 0 Å². The predicted molar refractivity (Wildman–Crippen MR) is 74.3 cm³/mol. The Morgan fingerprint density at radius 1 is 1.18 bits per heavy atom. The summed E-state index contributed by atoms with van der Waals surface area (Å²) in [5, 5.41) is 3.37. The Bertz CT molecular complexity index is 184. The molecule has 1 saturated carbocycles. The van der Waals surface area contributed by atoms with Gasteiger partial charge in [0, 0.05) is 13.2 Å². The van der Waals surface area contributed by atoms with E-state index < -0.39 is 0 Å². The molecular formula is C15H31NO. The number of nitrogens with one attached hydrogen (secondary N) is 1. The highest BCUT2D eigenvalue weighted by atomic mass is 16.5. The number of hydrogen-bond acceptors (Lipinski definition) is 2. The summed E-state index contributed by atoms with van der Waals surface area (Å²) >= 11 is 0. The molecule has 0 heterocycles. The van der Waals surface area contributed by atoms with E-state index in [0.29, 0.717) is 0 Å². The fourth-order valence-corrected chi connectivity index (χ4v) is 3.27. The lowest BCUT2D eigenvalue weighted by Crippen LogP contribution is -2.32. The summed E-state index contributed by atoms with van der Waals surface area (Å²) in [4.78, 5) is 0. The van der Waals surface area contributed by atoms with Crippen LogP contribution in [0.15, 0.2) is 0 Å². The van der Waals surface area contributed by atoms with E-state index in [1.807, 2.05) is 0 Å². The van der Waals surface area contributed by atoms with Crippen molar-refractivity contribution in [1.82, 2.24) is 5.32 Å². The van der Waals surface area contributed by atoms with Gasteiger partial charge in [-0.15, -0.1) is 0 Å². The summed E-state index contributed by atoms with van der Waals surface area (Å²) in [5.74, 6) is 2.83. The van der Waals surface area contributed by atoms with Gasteiger partial charge in [-0.25, -0.2) is 0 Å². The van der Waals surface area contributed by atoms with Crippen LogP contribution in [0.2, 0.25) is 0 Å². The van der Waals surface area contributed by atoms with Gasteiger partial charge in [0.1, 0.15) is 0 Å². The number of rotatable bonds is 8. The average Bonchev–Trinajstić information content (AvgIpc) is 2.36. The first kappa shape index (κ1) is 15.0. The summed E-state index contributed by atoms with van der Waals surface area (Å²) in [6.45, 7) is 7.45. The lowest BCUT2D eigenvalue weighted by atomic mass is 9.71. The Kier molecular flexibility index (Phi) is 7.87. The highest BCUT2D eigenvalue weighted by Gasteiger charge is 2.28. The van der Waals surface area contributed by atoms with Crippen LogP contribution in [0.3, 0.4) is 0 Å². The van der Waals surface area contributed by atoms with E-state index in [0.717, 1.165) is 31.0 Å². The van der Waals surface area contributed by atoms with Crippen LogP contribution in [0.4, 0.5) is 0 Å². The maximum Gasteiger partial charge on any atom is 0.0465 e. The Labute approximate surface area is 108 Å². The molecule has 1 N–H and O–H groups in total. The molecule has 0 aromatic carbocycles. The van der Waals surface area contributed by atoms with Crippen LogP contribution in [0.1, 0.15) is 52.4 Å². The predicted octanol–water partition coefficient (Wildman–Crippen LogP) is 3.47. The van der Waals surface area contributed by atoms with Crippen molar-refractivity contribution in [2.75, 3.05) is 26.8 Å². The zero-order chi connectivity index (χ0) is 12.5. The van der Waals surface area contributed by atoms with Crippen LogP contribution in [-0.4, -0.2) is 26.8 Å². The van der Waals surface area contributed by atoms with E-state index in [9.17, 15) is 0 Å². The van der Waals surface area contributed by atoms with E-state index in [-0.39, 0.29) is 0 Å². The van der Waals surface area contributed by atoms with E-state index in [1.165, 1.54) is 45.1 Å². The molecule has 1 fully saturated rings. The van der Waals surface area contributed by atoms with Crippen LogP contribution >= 0.6 is 0 Å². The third kappa shape index (κ3) is 5.39. The van der Waals surface area contributed by atoms with Crippen LogP contribution in [0.25, 0.3) is 0 Å². The normalized spacial score (nSPS) is 29.5. The maximum absolute atomic E-state index is 5.46. The molecule has 0 amide bonds. The molecule has 0 aliphatic heterocycles. The minimum atomic E-state index is 0.863. The lowest BCUT2D eigenvalue weighted by molar-refractivity contribution is 0.118. The molecule has 1 rings (SSSR count). The molecule has 0 bridgehead atoms. The van der Waals surface area contributed by atoms with E-state index in [2.05, 4.69) is 26.2 Å². The Balaban J connectivity index is 2.32. The second-order valence-corrected chi connectivity index (χ2v) is 5.50. The minimum Gasteiger partial charge on any atom is -0.382 e. The van der Waals surface area contributed by atoms with E-state index >= 15 is 0 Å². The Morgan fingerprint density at radius 2 is 2.00 bits per heavy atom. The highest BCUT2D eigenvalue weighted by Crippen LogP contribution is 2.37. The molecule has 0 aromatic rings. The molecule has 1 aliphatic carbocycles. The third-order valence-corrected chi connectivity index (χ3v) is 4.36. The summed E-state index contributed by atoms with van der Waals surface area (Å²) < 4.78 is 5.46. The molecule has 0 aromatic heterocycles. The van der Waals surface area contributed by atoms with Crippen molar-refractivity contribution in [2.45, 2.75) is 52.4 Å². The molecule has 3 unspecified atom stereocenters. The van der Waals surface area contributed by atoms with Gasteiger partial charge in [-0.2, -0.15) is 0 Å². The van der Waals surface area contributed by atoms with Gasteiger partial charge in [0.25, 0.3) is 0 Å². The van der Waals surface area contributed by atoms with Crippen molar-refractivity contribution in [3.8, 4) is 0 Å². The largest absolute Gasteiger partial charge is 0.382 e. The molecule has 17 heavy (non-hydrogen) atoms. The molecule has 0 radical (unpaired) electrons. The SMILES string of the molecule is CCOCCCC1CC(CC)CCC1CNC. The molecule has 0 spiro atoms. The van der Waals surface area contributed by atoms with Gasteiger partial charge in [-0.05, 0) is 64.0 Å². The van der Waals surface area contributed by atoms with Gasteiger partial charge in [0.2, 0.25) is 0 Å². The molecular weight excluding hydrogens is 210 g/mol. The summed E-state index contributed by atoms with van der Waals surface area (Å²) in [6.07, 6.45) is 8.31. The van der Waals surface area contributed by atoms with Crippen LogP contribution in [0, 0.1) is 17.8 Å². The van der Waals surface area contributed by atoms with Crippen molar-refractivity contribution in [1.29, 1.82) is 0 Å². The van der Waals surface area contributed by atoms with Crippen molar-refractivity contribution >= 4 is 0 Å². The average molecular weight is 241 g/mol. The molecule has 3 atom stereocenters. The standard InChI is InChI=1S/C15H31NO/c1-4-13-8-9-15(12-16-3)14(11-13)7-6-10-17-5-2/h13-16H,4-12H2,1-3H3. The highest BCUT2D eigenvalue weighted by molar-refractivity contribution is 4.80. The summed E-state index contributed by atoms with van der Waals surface area (Å²) in [6, 6.07) is 0. The first-order chi connectivity index (χ1) is 8.31. The smallest absolute Gasteiger partial charge is 0.0465 e. The van der Waals surface area contributed by atoms with Gasteiger partial charge in [0.05, 0.1) is 0 Å². The molecule has 102 valence electrons. The van der Waals surface area contributed by atoms with E-state index in [4.69, 9.17) is 4.74 Å². The fourth-order valence-electron chi connectivity index (χ4n) is 3.27. The van der Waals surface area contributed by atoms with Gasteiger partial charge in [0.15, 0.2) is 0 Å². The van der Waals surface area contributed by atoms with Gasteiger partial charge in [-0.3, -0.25) is 0 Å². The Morgan fingerprint density at radius 3 is 2.65 bits per heavy atom. The molecule has 2 nitrogen and oxygen atoms in total. The number of hydrogen-bond donors (Lipinski definition) is 1. The molecule has 0 saturated heterocycles. The number of ether oxygens (including phenoxy) is 1. The van der Waals surface area contributed by atoms with Crippen molar-refractivity contribution in [2.24, 2.45) is 17.8 Å². The van der Waals surface area contributed by atoms with Crippen LogP contribution in [-0.2, 0) is 4.74 Å². The van der Waals surface area contributed by atoms with Gasteiger partial charge < -0.3 is 10.1 Å². The second kappa shape index (κ2) is 8.93. The first-order valence-corrected chi connectivity index (χ1v) is 7.54. The fraction of sp³-hybridized carbons (Fsp3) is 1.00. The molecule has 1 aliphatic rings. The second-order valence-electron chi connectivity index (χ2n) is 5.50. The topological polar surface area (TPSA) is 21.3 Å². The van der Waals surface area contributed by atoms with Crippen LogP contribution < -0.4 is 5.32 Å². The Hall–Kier alpha value is -0.0800. The maximum atomic E-state index is 5.46. The lowest BCUT2D eigenvalue weighted by Gasteiger charge is -2.36. The minimum absolute atomic E-state index is 0.863. The van der Waals surface area contributed by atoms with Crippen molar-refractivity contribution < 1.29 is 4.74 Å². The zero-order valence-electron chi connectivity index (χ0n) is 12.0. The van der Waals surface area contributed by atoms with Gasteiger partial charge >= 0.3 is 0 Å². The zero-order valence-corrected chi connectivity index (χ0v) is 12.0. The monoisotopic (exact) mass is 241 g/mol. The summed E-state index contributed by atoms with van der Waals surface area (Å²) in [7, 11) is 2.09. The summed E-state index contributed by atoms with van der Waals surface area (Å²) in [5.41, 5.74) is 0. The quantitative estimate of drug-likeness (QED) is 0.657. The third-order valence-electron chi connectivity index (χ3n) is 4.36. The van der Waals surface area contributed by atoms with Crippen molar-refractivity contribution in [3.05, 3.63) is 0 Å². The first-order valence-electron chi connectivity index (χ1n) is 7.54.